The van der Waals surface area contributed by atoms with Crippen LogP contribution in [-0.4, -0.2) is 5.79 Å². The van der Waals surface area contributed by atoms with Crippen molar-refractivity contribution in [1.29, 1.82) is 0 Å². The average molecular weight is 140 g/mol. The highest BCUT2D eigenvalue weighted by atomic mass is 16.7. The van der Waals surface area contributed by atoms with Crippen LogP contribution in [0.5, 0.6) is 0 Å². The molecule has 0 saturated heterocycles. The molecule has 0 bridgehead atoms. The monoisotopic (exact) mass is 140 g/mol. The van der Waals surface area contributed by atoms with Gasteiger partial charge in [0, 0.05) is 13.3 Å². The summed E-state index contributed by atoms with van der Waals surface area (Å²) in [6, 6.07) is 0. The van der Waals surface area contributed by atoms with E-state index in [9.17, 15) is 0 Å². The normalized spacial score (nSPS) is 30.9. The predicted octanol–water partition coefficient (Wildman–Crippen LogP) is 2.19. The van der Waals surface area contributed by atoms with Gasteiger partial charge in [-0.25, -0.2) is 0 Å². The van der Waals surface area contributed by atoms with Gasteiger partial charge in [0.25, 0.3) is 0 Å². The topological polar surface area (TPSA) is 18.5 Å². The summed E-state index contributed by atoms with van der Waals surface area (Å²) in [5.41, 5.74) is 0. The molecular formula is C8H12O2. The fraction of sp³-hybridized carbons (Fsp3) is 0.500. The van der Waals surface area contributed by atoms with E-state index in [4.69, 9.17) is 9.47 Å². The van der Waals surface area contributed by atoms with Crippen LogP contribution in [0.4, 0.5) is 0 Å². The first-order valence-electron chi connectivity index (χ1n) is 3.38. The Labute approximate surface area is 61.1 Å². The van der Waals surface area contributed by atoms with Crippen LogP contribution in [0.3, 0.4) is 0 Å². The lowest BCUT2D eigenvalue weighted by molar-refractivity contribution is -0.167. The fourth-order valence-corrected chi connectivity index (χ4v) is 0.928. The molecule has 1 heterocycles. The maximum absolute atomic E-state index is 5.23. The third kappa shape index (κ3) is 1.53. The first-order chi connectivity index (χ1) is 4.77. The first kappa shape index (κ1) is 7.19. The zero-order valence-electron chi connectivity index (χ0n) is 6.17. The van der Waals surface area contributed by atoms with E-state index in [2.05, 4.69) is 6.58 Å². The minimum absolute atomic E-state index is 0.476. The van der Waals surface area contributed by atoms with E-state index >= 15 is 0 Å². The predicted molar refractivity (Wildman–Crippen MR) is 39.1 cm³/mol. The van der Waals surface area contributed by atoms with Gasteiger partial charge in [-0.3, -0.25) is 0 Å². The van der Waals surface area contributed by atoms with Crippen LogP contribution < -0.4 is 0 Å². The van der Waals surface area contributed by atoms with E-state index in [1.807, 2.05) is 13.0 Å². The summed E-state index contributed by atoms with van der Waals surface area (Å²) in [5.74, 6) is -0.476. The van der Waals surface area contributed by atoms with Crippen molar-refractivity contribution < 1.29 is 9.47 Å². The van der Waals surface area contributed by atoms with Gasteiger partial charge >= 0.3 is 0 Å². The number of hydrogen-bond acceptors (Lipinski definition) is 2. The Kier molecular flexibility index (Phi) is 2.00. The zero-order valence-corrected chi connectivity index (χ0v) is 6.17. The van der Waals surface area contributed by atoms with Gasteiger partial charge < -0.3 is 9.47 Å². The summed E-state index contributed by atoms with van der Waals surface area (Å²) >= 11 is 0. The van der Waals surface area contributed by atoms with Gasteiger partial charge in [-0.05, 0) is 12.5 Å². The van der Waals surface area contributed by atoms with E-state index in [1.165, 1.54) is 6.26 Å². The van der Waals surface area contributed by atoms with E-state index in [0.717, 1.165) is 12.8 Å². The second-order valence-electron chi connectivity index (χ2n) is 2.45. The van der Waals surface area contributed by atoms with Crippen LogP contribution >= 0.6 is 0 Å². The Hall–Kier alpha value is -0.920. The summed E-state index contributed by atoms with van der Waals surface area (Å²) in [6.07, 6.45) is 6.96. The third-order valence-electron chi connectivity index (χ3n) is 1.51. The zero-order chi connectivity index (χ0) is 7.45. The third-order valence-corrected chi connectivity index (χ3v) is 1.51. The van der Waals surface area contributed by atoms with Gasteiger partial charge in [0.05, 0.1) is 12.5 Å². The lowest BCUT2D eigenvalue weighted by Crippen LogP contribution is -2.29. The Morgan fingerprint density at radius 3 is 3.10 bits per heavy atom. The molecule has 0 spiro atoms. The SMILES string of the molecule is C=COC1(C)CCC=CO1. The molecule has 2 nitrogen and oxygen atoms in total. The molecule has 10 heavy (non-hydrogen) atoms. The molecule has 0 amide bonds. The highest BCUT2D eigenvalue weighted by molar-refractivity contribution is 4.85. The van der Waals surface area contributed by atoms with E-state index in [1.54, 1.807) is 6.26 Å². The molecule has 0 radical (unpaired) electrons. The van der Waals surface area contributed by atoms with Gasteiger partial charge in [0.15, 0.2) is 0 Å². The minimum atomic E-state index is -0.476. The fourth-order valence-electron chi connectivity index (χ4n) is 0.928. The average Bonchev–Trinajstić information content (AvgIpc) is 1.89. The van der Waals surface area contributed by atoms with Crippen LogP contribution in [0.25, 0.3) is 0 Å². The molecule has 0 saturated carbocycles. The van der Waals surface area contributed by atoms with Crippen molar-refractivity contribution >= 4 is 0 Å². The highest BCUT2D eigenvalue weighted by Crippen LogP contribution is 2.23. The highest BCUT2D eigenvalue weighted by Gasteiger charge is 2.26. The quantitative estimate of drug-likeness (QED) is 0.547. The minimum Gasteiger partial charge on any atom is -0.461 e. The molecule has 0 N–H and O–H groups in total. The Bertz CT molecular complexity index is 151. The Balaban J connectivity index is 2.50. The second-order valence-corrected chi connectivity index (χ2v) is 2.45. The molecule has 0 aromatic carbocycles. The molecule has 1 rings (SSSR count). The van der Waals surface area contributed by atoms with Crippen molar-refractivity contribution in [2.45, 2.75) is 25.6 Å². The maximum Gasteiger partial charge on any atom is 0.246 e. The standard InChI is InChI=1S/C8H12O2/c1-3-9-8(2)6-4-5-7-10-8/h3,5,7H,1,4,6H2,2H3. The summed E-state index contributed by atoms with van der Waals surface area (Å²) < 4.78 is 10.4. The first-order valence-corrected chi connectivity index (χ1v) is 3.38. The molecular weight excluding hydrogens is 128 g/mol. The molecule has 1 aliphatic rings. The van der Waals surface area contributed by atoms with Gasteiger partial charge in [0.1, 0.15) is 0 Å². The van der Waals surface area contributed by atoms with Crippen molar-refractivity contribution in [3.63, 3.8) is 0 Å². The summed E-state index contributed by atoms with van der Waals surface area (Å²) in [5, 5.41) is 0. The van der Waals surface area contributed by atoms with E-state index < -0.39 is 5.79 Å². The van der Waals surface area contributed by atoms with E-state index in [0.29, 0.717) is 0 Å². The smallest absolute Gasteiger partial charge is 0.246 e. The van der Waals surface area contributed by atoms with Crippen molar-refractivity contribution in [2.75, 3.05) is 0 Å². The van der Waals surface area contributed by atoms with E-state index in [-0.39, 0.29) is 0 Å². The molecule has 0 aliphatic carbocycles. The molecule has 0 fully saturated rings. The molecule has 0 aromatic rings. The molecule has 1 atom stereocenters. The van der Waals surface area contributed by atoms with Crippen molar-refractivity contribution in [2.24, 2.45) is 0 Å². The van der Waals surface area contributed by atoms with Gasteiger partial charge in [-0.1, -0.05) is 6.58 Å². The number of rotatable bonds is 2. The van der Waals surface area contributed by atoms with Crippen molar-refractivity contribution in [1.82, 2.24) is 0 Å². The van der Waals surface area contributed by atoms with Crippen LogP contribution in [0.2, 0.25) is 0 Å². The van der Waals surface area contributed by atoms with Crippen LogP contribution in [0.1, 0.15) is 19.8 Å². The van der Waals surface area contributed by atoms with Crippen LogP contribution in [-0.2, 0) is 9.47 Å². The number of ether oxygens (including phenoxy) is 2. The Morgan fingerprint density at radius 2 is 2.60 bits per heavy atom. The molecule has 0 aromatic heterocycles. The largest absolute Gasteiger partial charge is 0.461 e. The molecule has 1 unspecified atom stereocenters. The van der Waals surface area contributed by atoms with Gasteiger partial charge in [-0.2, -0.15) is 0 Å². The van der Waals surface area contributed by atoms with Gasteiger partial charge in [0.2, 0.25) is 5.79 Å². The summed E-state index contributed by atoms with van der Waals surface area (Å²) in [7, 11) is 0. The number of hydrogen-bond donors (Lipinski definition) is 0. The Morgan fingerprint density at radius 1 is 1.80 bits per heavy atom. The van der Waals surface area contributed by atoms with Crippen molar-refractivity contribution in [3.05, 3.63) is 25.2 Å². The molecule has 56 valence electrons. The van der Waals surface area contributed by atoms with Crippen molar-refractivity contribution in [3.8, 4) is 0 Å². The summed E-state index contributed by atoms with van der Waals surface area (Å²) in [6.45, 7) is 5.37. The lowest BCUT2D eigenvalue weighted by atomic mass is 10.1. The maximum atomic E-state index is 5.23. The summed E-state index contributed by atoms with van der Waals surface area (Å²) in [4.78, 5) is 0. The lowest BCUT2D eigenvalue weighted by Gasteiger charge is -2.29. The molecule has 1 aliphatic heterocycles. The van der Waals surface area contributed by atoms with Gasteiger partial charge in [-0.15, -0.1) is 0 Å². The number of allylic oxidation sites excluding steroid dienone is 1. The second kappa shape index (κ2) is 2.78. The molecule has 2 heteroatoms. The van der Waals surface area contributed by atoms with Crippen LogP contribution in [0.15, 0.2) is 25.2 Å². The van der Waals surface area contributed by atoms with Crippen LogP contribution in [0, 0.1) is 0 Å².